The smallest absolute Gasteiger partial charge is 0.131 e. The molecule has 0 fully saturated rings. The molecule has 0 spiro atoms. The molecule has 0 amide bonds. The molecule has 1 aromatic heterocycles. The van der Waals surface area contributed by atoms with Crippen LogP contribution in [-0.4, -0.2) is 28.7 Å². The molecule has 1 rings (SSSR count). The molecule has 1 aromatic rings. The molecule has 4 heteroatoms. The maximum absolute atomic E-state index is 9.32. The van der Waals surface area contributed by atoms with Gasteiger partial charge in [-0.05, 0) is 6.42 Å². The fourth-order valence-electron chi connectivity index (χ4n) is 1.60. The van der Waals surface area contributed by atoms with Gasteiger partial charge in [0, 0.05) is 19.5 Å². The van der Waals surface area contributed by atoms with Crippen molar-refractivity contribution in [3.8, 4) is 0 Å². The Balaban J connectivity index is 3.01. The Morgan fingerprint density at radius 3 is 2.62 bits per heavy atom. The van der Waals surface area contributed by atoms with E-state index in [1.807, 2.05) is 27.1 Å². The molecule has 0 radical (unpaired) electrons. The van der Waals surface area contributed by atoms with Crippen molar-refractivity contribution in [1.29, 1.82) is 0 Å². The fourth-order valence-corrected chi connectivity index (χ4v) is 1.60. The Morgan fingerprint density at radius 1 is 1.44 bits per heavy atom. The van der Waals surface area contributed by atoms with Crippen molar-refractivity contribution >= 4 is 5.69 Å². The summed E-state index contributed by atoms with van der Waals surface area (Å²) in [5.74, 6) is 1.08. The molecule has 0 bridgehead atoms. The largest absolute Gasteiger partial charge is 0.390 e. The average Bonchev–Trinajstić information content (AvgIpc) is 2.28. The van der Waals surface area contributed by atoms with Crippen LogP contribution in [0.3, 0.4) is 0 Å². The van der Waals surface area contributed by atoms with Crippen molar-refractivity contribution in [1.82, 2.24) is 9.97 Å². The second kappa shape index (κ2) is 5.80. The lowest BCUT2D eigenvalue weighted by molar-refractivity contribution is 0.276. The summed E-state index contributed by atoms with van der Waals surface area (Å²) in [6.07, 6.45) is 2.87. The molecule has 1 heterocycles. The van der Waals surface area contributed by atoms with Gasteiger partial charge in [0.2, 0.25) is 0 Å². The zero-order valence-corrected chi connectivity index (χ0v) is 10.6. The van der Waals surface area contributed by atoms with E-state index in [0.29, 0.717) is 0 Å². The van der Waals surface area contributed by atoms with Gasteiger partial charge < -0.3 is 10.0 Å². The summed E-state index contributed by atoms with van der Waals surface area (Å²) < 4.78 is 0. The summed E-state index contributed by atoms with van der Waals surface area (Å²) in [7, 11) is 2.00. The van der Waals surface area contributed by atoms with E-state index < -0.39 is 0 Å². The summed E-state index contributed by atoms with van der Waals surface area (Å²) in [5.41, 5.74) is 1.64. The Bertz CT molecular complexity index is 339. The highest BCUT2D eigenvalue weighted by Crippen LogP contribution is 2.19. The minimum absolute atomic E-state index is 0.0361. The molecule has 0 aromatic carbocycles. The second-order valence-electron chi connectivity index (χ2n) is 4.29. The molecule has 0 saturated heterocycles. The Kier molecular flexibility index (Phi) is 4.68. The lowest BCUT2D eigenvalue weighted by Gasteiger charge is -2.20. The number of hydrogen-bond acceptors (Lipinski definition) is 4. The summed E-state index contributed by atoms with van der Waals surface area (Å²) >= 11 is 0. The normalized spacial score (nSPS) is 10.9. The number of aromatic nitrogens is 2. The molecular weight excluding hydrogens is 202 g/mol. The van der Waals surface area contributed by atoms with Gasteiger partial charge in [-0.2, -0.15) is 0 Å². The molecule has 0 aliphatic heterocycles. The van der Waals surface area contributed by atoms with E-state index >= 15 is 0 Å². The molecule has 0 unspecified atom stereocenters. The van der Waals surface area contributed by atoms with Crippen molar-refractivity contribution in [2.24, 2.45) is 0 Å². The van der Waals surface area contributed by atoms with E-state index in [4.69, 9.17) is 0 Å². The van der Waals surface area contributed by atoms with Crippen molar-refractivity contribution in [3.63, 3.8) is 0 Å². The maximum atomic E-state index is 9.32. The van der Waals surface area contributed by atoms with Crippen LogP contribution in [0.5, 0.6) is 0 Å². The first-order chi connectivity index (χ1) is 7.60. The van der Waals surface area contributed by atoms with Gasteiger partial charge in [-0.25, -0.2) is 9.97 Å². The number of aliphatic hydroxyl groups excluding tert-OH is 1. The van der Waals surface area contributed by atoms with Gasteiger partial charge in [-0.15, -0.1) is 0 Å². The first-order valence-corrected chi connectivity index (χ1v) is 5.78. The van der Waals surface area contributed by atoms with E-state index in [9.17, 15) is 5.11 Å². The highest BCUT2D eigenvalue weighted by Gasteiger charge is 2.11. The molecule has 0 atom stereocenters. The zero-order valence-electron chi connectivity index (χ0n) is 10.6. The van der Waals surface area contributed by atoms with Crippen LogP contribution in [0.15, 0.2) is 6.20 Å². The van der Waals surface area contributed by atoms with Crippen LogP contribution in [0.4, 0.5) is 5.69 Å². The monoisotopic (exact) mass is 223 g/mol. The van der Waals surface area contributed by atoms with Crippen molar-refractivity contribution in [2.75, 3.05) is 18.5 Å². The summed E-state index contributed by atoms with van der Waals surface area (Å²) in [5, 5.41) is 9.32. The Morgan fingerprint density at radius 2 is 2.12 bits per heavy atom. The van der Waals surface area contributed by atoms with E-state index in [1.165, 1.54) is 0 Å². The lowest BCUT2D eigenvalue weighted by Crippen LogP contribution is -2.21. The molecule has 0 saturated carbocycles. The van der Waals surface area contributed by atoms with Crippen LogP contribution in [-0.2, 0) is 6.61 Å². The molecule has 0 aliphatic rings. The van der Waals surface area contributed by atoms with Gasteiger partial charge in [0.25, 0.3) is 0 Å². The van der Waals surface area contributed by atoms with Crippen LogP contribution in [0.25, 0.3) is 0 Å². The van der Waals surface area contributed by atoms with Crippen LogP contribution in [0.2, 0.25) is 0 Å². The van der Waals surface area contributed by atoms with Gasteiger partial charge in [0.1, 0.15) is 5.82 Å². The third-order valence-electron chi connectivity index (χ3n) is 2.50. The zero-order chi connectivity index (χ0) is 12.1. The fraction of sp³-hybridized carbons (Fsp3) is 0.667. The molecule has 16 heavy (non-hydrogen) atoms. The highest BCUT2D eigenvalue weighted by atomic mass is 16.3. The second-order valence-corrected chi connectivity index (χ2v) is 4.29. The number of aliphatic hydroxyl groups is 1. The number of nitrogens with zero attached hydrogens (tertiary/aromatic N) is 3. The average molecular weight is 223 g/mol. The lowest BCUT2D eigenvalue weighted by atomic mass is 10.2. The Hall–Kier alpha value is -1.16. The first kappa shape index (κ1) is 12.9. The SMILES string of the molecule is CCCN(C)c1cnc(C(C)C)nc1CO. The standard InChI is InChI=1S/C12H21N3O/c1-5-6-15(4)11-7-13-12(9(2)3)14-10(11)8-16/h7,9,16H,5-6,8H2,1-4H3. The van der Waals surface area contributed by atoms with Crippen LogP contribution in [0.1, 0.15) is 44.6 Å². The van der Waals surface area contributed by atoms with Gasteiger partial charge in [0.15, 0.2) is 0 Å². The first-order valence-electron chi connectivity index (χ1n) is 5.78. The summed E-state index contributed by atoms with van der Waals surface area (Å²) in [4.78, 5) is 10.8. The minimum atomic E-state index is -0.0361. The van der Waals surface area contributed by atoms with E-state index in [2.05, 4.69) is 21.8 Å². The number of hydrogen-bond donors (Lipinski definition) is 1. The molecule has 4 nitrogen and oxygen atoms in total. The predicted molar refractivity (Wildman–Crippen MR) is 65.6 cm³/mol. The summed E-state index contributed by atoms with van der Waals surface area (Å²) in [6, 6.07) is 0. The van der Waals surface area contributed by atoms with Crippen LogP contribution < -0.4 is 4.90 Å². The van der Waals surface area contributed by atoms with Gasteiger partial charge in [-0.1, -0.05) is 20.8 Å². The third-order valence-corrected chi connectivity index (χ3v) is 2.50. The van der Waals surface area contributed by atoms with E-state index in [0.717, 1.165) is 30.2 Å². The van der Waals surface area contributed by atoms with Crippen molar-refractivity contribution in [3.05, 3.63) is 17.7 Å². The Labute approximate surface area is 97.3 Å². The highest BCUT2D eigenvalue weighted by molar-refractivity contribution is 5.48. The van der Waals surface area contributed by atoms with Crippen molar-refractivity contribution in [2.45, 2.75) is 39.7 Å². The van der Waals surface area contributed by atoms with E-state index in [-0.39, 0.29) is 12.5 Å². The van der Waals surface area contributed by atoms with Crippen molar-refractivity contribution < 1.29 is 5.11 Å². The molecule has 1 N–H and O–H groups in total. The molecule has 90 valence electrons. The predicted octanol–water partition coefficient (Wildman–Crippen LogP) is 1.94. The van der Waals surface area contributed by atoms with Crippen LogP contribution in [0, 0.1) is 0 Å². The molecule has 0 aliphatic carbocycles. The van der Waals surface area contributed by atoms with E-state index in [1.54, 1.807) is 0 Å². The number of rotatable bonds is 5. The third kappa shape index (κ3) is 2.92. The quantitative estimate of drug-likeness (QED) is 0.828. The minimum Gasteiger partial charge on any atom is -0.390 e. The van der Waals surface area contributed by atoms with Gasteiger partial charge >= 0.3 is 0 Å². The van der Waals surface area contributed by atoms with Gasteiger partial charge in [0.05, 0.1) is 24.2 Å². The topological polar surface area (TPSA) is 49.2 Å². The molecular formula is C12H21N3O. The van der Waals surface area contributed by atoms with Gasteiger partial charge in [-0.3, -0.25) is 0 Å². The maximum Gasteiger partial charge on any atom is 0.131 e. The van der Waals surface area contributed by atoms with Crippen LogP contribution >= 0.6 is 0 Å². The summed E-state index contributed by atoms with van der Waals surface area (Å²) in [6.45, 7) is 7.12. The number of anilines is 1.